The monoisotopic (exact) mass is 355 g/mol. The fourth-order valence-electron chi connectivity index (χ4n) is 2.74. The van der Waals surface area contributed by atoms with Crippen LogP contribution >= 0.6 is 11.6 Å². The highest BCUT2D eigenvalue weighted by Crippen LogP contribution is 2.32. The van der Waals surface area contributed by atoms with E-state index in [1.165, 1.54) is 23.5 Å². The Morgan fingerprint density at radius 2 is 1.96 bits per heavy atom. The second kappa shape index (κ2) is 5.81. The lowest BCUT2D eigenvalue weighted by Gasteiger charge is -2.38. The van der Waals surface area contributed by atoms with Crippen molar-refractivity contribution in [2.75, 3.05) is 20.2 Å². The molecule has 0 unspecified atom stereocenters. The average Bonchev–Trinajstić information content (AvgIpc) is 2.75. The van der Waals surface area contributed by atoms with Gasteiger partial charge in [-0.1, -0.05) is 11.6 Å². The Bertz CT molecular complexity index is 842. The molecule has 0 aliphatic carbocycles. The number of benzene rings is 1. The Morgan fingerprint density at radius 3 is 2.48 bits per heavy atom. The number of aromatic nitrogens is 2. The van der Waals surface area contributed by atoms with Gasteiger partial charge in [0.15, 0.2) is 0 Å². The molecule has 0 spiro atoms. The van der Waals surface area contributed by atoms with E-state index in [1.807, 2.05) is 24.6 Å². The summed E-state index contributed by atoms with van der Waals surface area (Å²) in [5, 5.41) is 4.70. The lowest BCUT2D eigenvalue weighted by Crippen LogP contribution is -2.51. The molecule has 0 atom stereocenters. The van der Waals surface area contributed by atoms with Crippen LogP contribution in [0.25, 0.3) is 0 Å². The molecule has 1 aromatic carbocycles. The zero-order chi connectivity index (χ0) is 16.8. The molecule has 3 rings (SSSR count). The van der Waals surface area contributed by atoms with E-state index < -0.39 is 10.0 Å². The summed E-state index contributed by atoms with van der Waals surface area (Å²) in [5.41, 5.74) is 1.97. The van der Waals surface area contributed by atoms with Crippen molar-refractivity contribution >= 4 is 21.6 Å². The molecule has 2 aromatic rings. The number of rotatable bonds is 4. The topological polar surface area (TPSA) is 64.4 Å². The van der Waals surface area contributed by atoms with Gasteiger partial charge in [0.1, 0.15) is 5.75 Å². The first-order chi connectivity index (χ1) is 10.8. The van der Waals surface area contributed by atoms with E-state index in [9.17, 15) is 8.42 Å². The van der Waals surface area contributed by atoms with Crippen LogP contribution in [0.2, 0.25) is 5.02 Å². The molecule has 0 saturated carbocycles. The quantitative estimate of drug-likeness (QED) is 0.844. The first-order valence-corrected chi connectivity index (χ1v) is 9.01. The number of hydrogen-bond donors (Lipinski definition) is 0. The largest absolute Gasteiger partial charge is 0.495 e. The molecule has 1 saturated heterocycles. The predicted octanol–water partition coefficient (Wildman–Crippen LogP) is 2.41. The molecular weight excluding hydrogens is 338 g/mol. The van der Waals surface area contributed by atoms with Gasteiger partial charge in [-0.15, -0.1) is 0 Å². The molecule has 0 radical (unpaired) electrons. The van der Waals surface area contributed by atoms with Gasteiger partial charge in [-0.2, -0.15) is 9.40 Å². The van der Waals surface area contributed by atoms with Crippen LogP contribution in [0, 0.1) is 13.8 Å². The second-order valence-corrected chi connectivity index (χ2v) is 7.99. The lowest BCUT2D eigenvalue weighted by atomic mass is 10.2. The fourth-order valence-corrected chi connectivity index (χ4v) is 4.60. The summed E-state index contributed by atoms with van der Waals surface area (Å²) >= 11 is 6.03. The zero-order valence-corrected chi connectivity index (χ0v) is 14.7. The number of ether oxygens (including phenoxy) is 1. The van der Waals surface area contributed by atoms with Crippen molar-refractivity contribution in [3.63, 3.8) is 0 Å². The first-order valence-electron chi connectivity index (χ1n) is 7.19. The first kappa shape index (κ1) is 16.3. The van der Waals surface area contributed by atoms with Crippen molar-refractivity contribution in [2.24, 2.45) is 0 Å². The van der Waals surface area contributed by atoms with Gasteiger partial charge in [-0.3, -0.25) is 4.68 Å². The number of aryl methyl sites for hydroxylation is 2. The van der Waals surface area contributed by atoms with Crippen LogP contribution in [0.5, 0.6) is 5.75 Å². The van der Waals surface area contributed by atoms with E-state index in [-0.39, 0.29) is 16.0 Å². The van der Waals surface area contributed by atoms with Gasteiger partial charge >= 0.3 is 0 Å². The summed E-state index contributed by atoms with van der Waals surface area (Å²) in [6, 6.07) is 6.56. The summed E-state index contributed by atoms with van der Waals surface area (Å²) < 4.78 is 33.6. The Hall–Kier alpha value is -1.57. The zero-order valence-electron chi connectivity index (χ0n) is 13.2. The number of nitrogens with zero attached hydrogens (tertiary/aromatic N) is 3. The smallest absolute Gasteiger partial charge is 0.243 e. The Morgan fingerprint density at radius 1 is 1.26 bits per heavy atom. The minimum Gasteiger partial charge on any atom is -0.495 e. The summed E-state index contributed by atoms with van der Waals surface area (Å²) in [6.45, 7) is 4.72. The molecule has 1 aliphatic rings. The van der Waals surface area contributed by atoms with Crippen LogP contribution in [-0.4, -0.2) is 42.7 Å². The molecule has 1 fully saturated rings. The molecule has 1 aromatic heterocycles. The molecule has 0 amide bonds. The third-order valence-corrected chi connectivity index (χ3v) is 6.10. The van der Waals surface area contributed by atoms with Crippen molar-refractivity contribution in [3.05, 3.63) is 40.7 Å². The SMILES string of the molecule is COc1ccc(S(=O)(=O)N2CC(n3nc(C)cc3C)C2)cc1Cl. The van der Waals surface area contributed by atoms with Crippen LogP contribution in [0.4, 0.5) is 0 Å². The Balaban J connectivity index is 1.78. The third-order valence-electron chi connectivity index (χ3n) is 3.98. The highest BCUT2D eigenvalue weighted by atomic mass is 35.5. The minimum absolute atomic E-state index is 0.0761. The van der Waals surface area contributed by atoms with Gasteiger partial charge < -0.3 is 4.74 Å². The van der Waals surface area contributed by atoms with E-state index in [4.69, 9.17) is 16.3 Å². The Kier molecular flexibility index (Phi) is 4.12. The van der Waals surface area contributed by atoms with E-state index in [1.54, 1.807) is 6.07 Å². The fraction of sp³-hybridized carbons (Fsp3) is 0.400. The number of methoxy groups -OCH3 is 1. The summed E-state index contributed by atoms with van der Waals surface area (Å²) in [7, 11) is -2.05. The van der Waals surface area contributed by atoms with Crippen molar-refractivity contribution in [2.45, 2.75) is 24.8 Å². The molecule has 23 heavy (non-hydrogen) atoms. The maximum Gasteiger partial charge on any atom is 0.243 e. The molecule has 124 valence electrons. The van der Waals surface area contributed by atoms with E-state index in [2.05, 4.69) is 5.10 Å². The van der Waals surface area contributed by atoms with Gasteiger partial charge in [0, 0.05) is 18.8 Å². The van der Waals surface area contributed by atoms with Crippen LogP contribution < -0.4 is 4.74 Å². The molecule has 1 aliphatic heterocycles. The van der Waals surface area contributed by atoms with Gasteiger partial charge in [-0.05, 0) is 38.1 Å². The standard InChI is InChI=1S/C15H18ClN3O3S/c1-10-6-11(2)19(17-10)12-8-18(9-12)23(20,21)13-4-5-15(22-3)14(16)7-13/h4-7,12H,8-9H2,1-3H3. The summed E-state index contributed by atoms with van der Waals surface area (Å²) in [4.78, 5) is 0.176. The van der Waals surface area contributed by atoms with Crippen molar-refractivity contribution in [3.8, 4) is 5.75 Å². The van der Waals surface area contributed by atoms with Crippen LogP contribution in [0.15, 0.2) is 29.2 Å². The van der Waals surface area contributed by atoms with Crippen molar-refractivity contribution < 1.29 is 13.2 Å². The number of sulfonamides is 1. The summed E-state index contributed by atoms with van der Waals surface area (Å²) in [5.74, 6) is 0.453. The molecule has 2 heterocycles. The lowest BCUT2D eigenvalue weighted by molar-refractivity contribution is 0.188. The molecule has 8 heteroatoms. The summed E-state index contributed by atoms with van der Waals surface area (Å²) in [6.07, 6.45) is 0. The van der Waals surface area contributed by atoms with Gasteiger partial charge in [-0.25, -0.2) is 8.42 Å². The predicted molar refractivity (Wildman–Crippen MR) is 87.5 cm³/mol. The minimum atomic E-state index is -3.54. The highest BCUT2D eigenvalue weighted by Gasteiger charge is 2.38. The normalized spacial score (nSPS) is 16.3. The Labute approximate surface area is 140 Å². The maximum atomic E-state index is 12.6. The van der Waals surface area contributed by atoms with Crippen LogP contribution in [0.3, 0.4) is 0 Å². The average molecular weight is 356 g/mol. The molecule has 0 bridgehead atoms. The molecular formula is C15H18ClN3O3S. The van der Waals surface area contributed by atoms with E-state index in [0.717, 1.165) is 11.4 Å². The third kappa shape index (κ3) is 2.84. The number of hydrogen-bond acceptors (Lipinski definition) is 4. The number of halogens is 1. The van der Waals surface area contributed by atoms with Gasteiger partial charge in [0.2, 0.25) is 10.0 Å². The van der Waals surface area contributed by atoms with Gasteiger partial charge in [0.25, 0.3) is 0 Å². The molecule has 0 N–H and O–H groups in total. The van der Waals surface area contributed by atoms with Crippen LogP contribution in [-0.2, 0) is 10.0 Å². The second-order valence-electron chi connectivity index (χ2n) is 5.64. The van der Waals surface area contributed by atoms with E-state index in [0.29, 0.717) is 18.8 Å². The maximum absolute atomic E-state index is 12.6. The van der Waals surface area contributed by atoms with Crippen molar-refractivity contribution in [1.29, 1.82) is 0 Å². The van der Waals surface area contributed by atoms with Crippen LogP contribution in [0.1, 0.15) is 17.4 Å². The van der Waals surface area contributed by atoms with E-state index >= 15 is 0 Å². The van der Waals surface area contributed by atoms with Crippen molar-refractivity contribution in [1.82, 2.24) is 14.1 Å². The highest BCUT2D eigenvalue weighted by molar-refractivity contribution is 7.89. The molecule has 6 nitrogen and oxygen atoms in total. The van der Waals surface area contributed by atoms with Gasteiger partial charge in [0.05, 0.1) is 28.8 Å².